The van der Waals surface area contributed by atoms with E-state index in [-0.39, 0.29) is 5.60 Å². The van der Waals surface area contributed by atoms with Crippen molar-refractivity contribution in [1.82, 2.24) is 10.4 Å². The zero-order valence-electron chi connectivity index (χ0n) is 14.3. The van der Waals surface area contributed by atoms with E-state index >= 15 is 0 Å². The number of amides is 2. The topological polar surface area (TPSA) is 67.4 Å². The van der Waals surface area contributed by atoms with E-state index in [0.29, 0.717) is 23.8 Å². The predicted molar refractivity (Wildman–Crippen MR) is 99.9 cm³/mol. The summed E-state index contributed by atoms with van der Waals surface area (Å²) in [7, 11) is -3.27. The predicted octanol–water partition coefficient (Wildman–Crippen LogP) is 2.78. The van der Waals surface area contributed by atoms with Gasteiger partial charge in [0.05, 0.1) is 5.60 Å². The average molecular weight is 358 g/mol. The standard InChI is InChI=1S/C19H23N2O3P/c1-19(13-8-14-24-19)15-20-18(22)21-25(23,16-9-4-2-5-10-16)17-11-6-3-7-12-17/h2-7,9-12H,8,13-15H2,1H3,(H2,20,21,22,23). The minimum absolute atomic E-state index is 0.346. The van der Waals surface area contributed by atoms with Gasteiger partial charge in [-0.3, -0.25) is 9.65 Å². The van der Waals surface area contributed by atoms with Gasteiger partial charge in [0.1, 0.15) is 0 Å². The lowest BCUT2D eigenvalue weighted by molar-refractivity contribution is 0.0230. The van der Waals surface area contributed by atoms with Crippen molar-refractivity contribution in [3.8, 4) is 0 Å². The number of hydrogen-bond donors (Lipinski definition) is 2. The van der Waals surface area contributed by atoms with Crippen LogP contribution >= 0.6 is 7.29 Å². The first kappa shape index (κ1) is 17.7. The Kier molecular flexibility index (Phi) is 5.26. The Balaban J connectivity index is 1.79. The molecule has 0 aromatic heterocycles. The lowest BCUT2D eigenvalue weighted by atomic mass is 10.0. The van der Waals surface area contributed by atoms with Crippen molar-refractivity contribution in [3.63, 3.8) is 0 Å². The van der Waals surface area contributed by atoms with Crippen molar-refractivity contribution in [1.29, 1.82) is 0 Å². The Morgan fingerprint density at radius 3 is 2.12 bits per heavy atom. The minimum atomic E-state index is -3.27. The Morgan fingerprint density at radius 2 is 1.64 bits per heavy atom. The number of urea groups is 1. The Morgan fingerprint density at radius 1 is 1.08 bits per heavy atom. The lowest BCUT2D eigenvalue weighted by Gasteiger charge is -2.25. The molecule has 0 aliphatic carbocycles. The molecule has 1 unspecified atom stereocenters. The van der Waals surface area contributed by atoms with E-state index in [2.05, 4.69) is 10.4 Å². The van der Waals surface area contributed by atoms with Crippen LogP contribution in [0.15, 0.2) is 60.7 Å². The second-order valence-corrected chi connectivity index (χ2v) is 8.95. The molecule has 132 valence electrons. The first-order valence-electron chi connectivity index (χ1n) is 8.43. The second-order valence-electron chi connectivity index (χ2n) is 6.48. The number of hydrogen-bond acceptors (Lipinski definition) is 3. The highest BCUT2D eigenvalue weighted by Crippen LogP contribution is 2.38. The highest BCUT2D eigenvalue weighted by Gasteiger charge is 2.32. The van der Waals surface area contributed by atoms with Crippen LogP contribution in [0.4, 0.5) is 4.79 Å². The van der Waals surface area contributed by atoms with Crippen LogP contribution in [0, 0.1) is 0 Å². The zero-order valence-corrected chi connectivity index (χ0v) is 15.2. The summed E-state index contributed by atoms with van der Waals surface area (Å²) in [6.07, 6.45) is 1.90. The van der Waals surface area contributed by atoms with Crippen LogP contribution in [-0.4, -0.2) is 24.8 Å². The maximum atomic E-state index is 13.7. The fraction of sp³-hybridized carbons (Fsp3) is 0.316. The zero-order chi connectivity index (χ0) is 17.8. The molecule has 1 atom stereocenters. The van der Waals surface area contributed by atoms with Crippen LogP contribution in [-0.2, 0) is 9.30 Å². The summed E-state index contributed by atoms with van der Waals surface area (Å²) in [6.45, 7) is 3.09. The molecule has 3 rings (SSSR count). The molecule has 25 heavy (non-hydrogen) atoms. The SMILES string of the molecule is CC1(CNC(=O)NP(=O)(c2ccccc2)c2ccccc2)CCCO1. The molecule has 1 heterocycles. The van der Waals surface area contributed by atoms with Crippen LogP contribution < -0.4 is 21.0 Å². The van der Waals surface area contributed by atoms with Crippen LogP contribution in [0.3, 0.4) is 0 Å². The van der Waals surface area contributed by atoms with E-state index in [1.165, 1.54) is 0 Å². The van der Waals surface area contributed by atoms with Crippen molar-refractivity contribution in [2.24, 2.45) is 0 Å². The van der Waals surface area contributed by atoms with Gasteiger partial charge in [-0.25, -0.2) is 4.79 Å². The van der Waals surface area contributed by atoms with Gasteiger partial charge < -0.3 is 10.1 Å². The summed E-state index contributed by atoms with van der Waals surface area (Å²) in [5, 5.41) is 6.72. The summed E-state index contributed by atoms with van der Waals surface area (Å²) in [4.78, 5) is 12.5. The first-order valence-corrected chi connectivity index (χ1v) is 10.1. The van der Waals surface area contributed by atoms with Crippen LogP contribution in [0.25, 0.3) is 0 Å². The molecule has 2 aromatic rings. The van der Waals surface area contributed by atoms with Gasteiger partial charge in [-0.1, -0.05) is 36.4 Å². The van der Waals surface area contributed by atoms with Crippen molar-refractivity contribution >= 4 is 23.9 Å². The molecule has 0 spiro atoms. The second kappa shape index (κ2) is 7.42. The van der Waals surface area contributed by atoms with Gasteiger partial charge in [0.2, 0.25) is 7.29 Å². The molecule has 0 radical (unpaired) electrons. The van der Waals surface area contributed by atoms with E-state index in [9.17, 15) is 9.36 Å². The maximum Gasteiger partial charge on any atom is 0.320 e. The van der Waals surface area contributed by atoms with Gasteiger partial charge in [-0.2, -0.15) is 0 Å². The largest absolute Gasteiger partial charge is 0.373 e. The molecule has 5 nitrogen and oxygen atoms in total. The summed E-state index contributed by atoms with van der Waals surface area (Å²) >= 11 is 0. The monoisotopic (exact) mass is 358 g/mol. The van der Waals surface area contributed by atoms with E-state index < -0.39 is 13.3 Å². The van der Waals surface area contributed by atoms with Crippen LogP contribution in [0.5, 0.6) is 0 Å². The Labute approximate surface area is 148 Å². The highest BCUT2D eigenvalue weighted by molar-refractivity contribution is 7.77. The maximum absolute atomic E-state index is 13.7. The van der Waals surface area contributed by atoms with Crippen molar-refractivity contribution in [2.45, 2.75) is 25.4 Å². The minimum Gasteiger partial charge on any atom is -0.373 e. The number of carbonyl (C=O) groups excluding carboxylic acids is 1. The summed E-state index contributed by atoms with van der Waals surface area (Å²) < 4.78 is 19.4. The number of benzene rings is 2. The molecule has 1 fully saturated rings. The van der Waals surface area contributed by atoms with E-state index in [4.69, 9.17) is 4.74 Å². The molecule has 1 aliphatic heterocycles. The normalized spacial score (nSPS) is 20.2. The average Bonchev–Trinajstić information content (AvgIpc) is 3.08. The van der Waals surface area contributed by atoms with Crippen molar-refractivity contribution in [3.05, 3.63) is 60.7 Å². The van der Waals surface area contributed by atoms with E-state index in [1.807, 2.05) is 43.3 Å². The van der Waals surface area contributed by atoms with Crippen LogP contribution in [0.1, 0.15) is 19.8 Å². The molecule has 2 amide bonds. The van der Waals surface area contributed by atoms with Gasteiger partial charge in [0, 0.05) is 23.8 Å². The molecule has 6 heteroatoms. The molecule has 2 N–H and O–H groups in total. The van der Waals surface area contributed by atoms with E-state index in [0.717, 1.165) is 12.8 Å². The Hall–Kier alpha value is -2.10. The number of nitrogens with one attached hydrogen (secondary N) is 2. The van der Waals surface area contributed by atoms with Gasteiger partial charge in [0.15, 0.2) is 0 Å². The molecular weight excluding hydrogens is 335 g/mol. The van der Waals surface area contributed by atoms with Crippen molar-refractivity contribution in [2.75, 3.05) is 13.2 Å². The smallest absolute Gasteiger partial charge is 0.320 e. The molecule has 0 bridgehead atoms. The quantitative estimate of drug-likeness (QED) is 0.808. The first-order chi connectivity index (χ1) is 12.0. The van der Waals surface area contributed by atoms with Crippen molar-refractivity contribution < 1.29 is 14.1 Å². The lowest BCUT2D eigenvalue weighted by Crippen LogP contribution is -2.45. The molecular formula is C19H23N2O3P. The van der Waals surface area contributed by atoms with Gasteiger partial charge in [-0.05, 0) is 44.0 Å². The third-order valence-corrected chi connectivity index (χ3v) is 6.99. The van der Waals surface area contributed by atoms with Crippen LogP contribution in [0.2, 0.25) is 0 Å². The number of rotatable bonds is 5. The fourth-order valence-electron chi connectivity index (χ4n) is 2.98. The van der Waals surface area contributed by atoms with E-state index in [1.54, 1.807) is 24.3 Å². The number of ether oxygens (including phenoxy) is 1. The molecule has 1 aliphatic rings. The molecule has 1 saturated heterocycles. The highest BCUT2D eigenvalue weighted by atomic mass is 31.2. The summed E-state index contributed by atoms with van der Waals surface area (Å²) in [6, 6.07) is 17.6. The van der Waals surface area contributed by atoms with Gasteiger partial charge in [-0.15, -0.1) is 0 Å². The fourth-order valence-corrected chi connectivity index (χ4v) is 5.09. The van der Waals surface area contributed by atoms with Gasteiger partial charge in [0.25, 0.3) is 0 Å². The Bertz CT molecular complexity index is 715. The third-order valence-electron chi connectivity index (χ3n) is 4.42. The molecule has 2 aromatic carbocycles. The van der Waals surface area contributed by atoms with Gasteiger partial charge >= 0.3 is 6.03 Å². The summed E-state index contributed by atoms with van der Waals surface area (Å²) in [5.41, 5.74) is -0.346. The summed E-state index contributed by atoms with van der Waals surface area (Å²) in [5.74, 6) is 0. The molecule has 0 saturated carbocycles. The number of carbonyl (C=O) groups is 1. The third kappa shape index (κ3) is 4.12.